The van der Waals surface area contributed by atoms with E-state index in [4.69, 9.17) is 0 Å². The quantitative estimate of drug-likeness (QED) is 0.718. The first-order chi connectivity index (χ1) is 12.6. The second kappa shape index (κ2) is 6.46. The van der Waals surface area contributed by atoms with Crippen molar-refractivity contribution in [3.8, 4) is 0 Å². The van der Waals surface area contributed by atoms with Crippen molar-refractivity contribution < 1.29 is 9.59 Å². The molecular formula is C20H17N3O2S. The molecule has 1 amide bonds. The normalized spacial score (nSPS) is 21.2. The number of benzene rings is 2. The molecule has 2 aromatic carbocycles. The van der Waals surface area contributed by atoms with E-state index in [0.717, 1.165) is 23.0 Å². The maximum Gasteiger partial charge on any atom is 0.233 e. The van der Waals surface area contributed by atoms with Crippen molar-refractivity contribution in [1.82, 2.24) is 10.2 Å². The Morgan fingerprint density at radius 2 is 2.08 bits per heavy atom. The van der Waals surface area contributed by atoms with Crippen LogP contribution in [0.15, 0.2) is 54.0 Å². The van der Waals surface area contributed by atoms with E-state index in [0.29, 0.717) is 17.1 Å². The van der Waals surface area contributed by atoms with Crippen LogP contribution in [0.5, 0.6) is 0 Å². The van der Waals surface area contributed by atoms with Crippen LogP contribution in [0.2, 0.25) is 0 Å². The summed E-state index contributed by atoms with van der Waals surface area (Å²) in [4.78, 5) is 24.5. The Bertz CT molecular complexity index is 956. The lowest BCUT2D eigenvalue weighted by atomic mass is 9.73. The van der Waals surface area contributed by atoms with Gasteiger partial charge in [-0.1, -0.05) is 53.8 Å². The Morgan fingerprint density at radius 3 is 2.77 bits per heavy atom. The zero-order valence-corrected chi connectivity index (χ0v) is 15.0. The Labute approximate surface area is 155 Å². The van der Waals surface area contributed by atoms with Gasteiger partial charge in [0.15, 0.2) is 0 Å². The van der Waals surface area contributed by atoms with Gasteiger partial charge in [-0.2, -0.15) is 0 Å². The zero-order chi connectivity index (χ0) is 18.1. The summed E-state index contributed by atoms with van der Waals surface area (Å²) >= 11 is 1.30. The number of fused-ring (bicyclic) bond motifs is 1. The van der Waals surface area contributed by atoms with Gasteiger partial charge >= 0.3 is 0 Å². The number of hydrogen-bond acceptors (Lipinski definition) is 5. The minimum absolute atomic E-state index is 0.0908. The monoisotopic (exact) mass is 363 g/mol. The number of nitrogens with one attached hydrogen (secondary N) is 1. The molecule has 5 nitrogen and oxygen atoms in total. The van der Waals surface area contributed by atoms with Crippen molar-refractivity contribution in [2.45, 2.75) is 19.3 Å². The standard InChI is InChI=1S/C20H17N3O2S/c1-20(18(25)22-19-23-21-12-26-19)10-15-8-7-13(11-24)9-16(15)17(20)14-5-3-2-4-6-14/h2-9,11-12,17H,10H2,1H3,(H,22,23,25)/t17-,20+/m1/s1. The summed E-state index contributed by atoms with van der Waals surface area (Å²) in [6, 6.07) is 15.6. The van der Waals surface area contributed by atoms with E-state index in [1.54, 1.807) is 5.51 Å². The molecule has 0 spiro atoms. The maximum absolute atomic E-state index is 13.2. The molecule has 3 aromatic rings. The number of carbonyl (C=O) groups excluding carboxylic acids is 2. The number of aldehydes is 1. The summed E-state index contributed by atoms with van der Waals surface area (Å²) in [6.07, 6.45) is 1.45. The van der Waals surface area contributed by atoms with Crippen LogP contribution in [-0.4, -0.2) is 22.4 Å². The van der Waals surface area contributed by atoms with Crippen LogP contribution in [0.25, 0.3) is 0 Å². The predicted octanol–water partition coefficient (Wildman–Crippen LogP) is 3.68. The van der Waals surface area contributed by atoms with Crippen LogP contribution in [0.3, 0.4) is 0 Å². The highest BCUT2D eigenvalue weighted by Gasteiger charge is 2.48. The molecule has 6 heteroatoms. The molecule has 0 saturated heterocycles. The molecule has 0 saturated carbocycles. The number of hydrogen-bond donors (Lipinski definition) is 1. The topological polar surface area (TPSA) is 72.0 Å². The second-order valence-electron chi connectivity index (χ2n) is 6.71. The van der Waals surface area contributed by atoms with Crippen molar-refractivity contribution in [3.63, 3.8) is 0 Å². The third kappa shape index (κ3) is 2.72. The number of rotatable bonds is 4. The van der Waals surface area contributed by atoms with E-state index >= 15 is 0 Å². The Balaban J connectivity index is 1.80. The number of anilines is 1. The fourth-order valence-electron chi connectivity index (χ4n) is 3.83. The molecule has 26 heavy (non-hydrogen) atoms. The SMILES string of the molecule is C[C@]1(C(=O)Nc2nncs2)Cc2ccc(C=O)cc2[C@H]1c1ccccc1. The Morgan fingerprint density at radius 1 is 1.27 bits per heavy atom. The van der Waals surface area contributed by atoms with E-state index in [1.807, 2.05) is 55.5 Å². The van der Waals surface area contributed by atoms with Gasteiger partial charge in [-0.15, -0.1) is 10.2 Å². The van der Waals surface area contributed by atoms with Gasteiger partial charge in [-0.3, -0.25) is 9.59 Å². The van der Waals surface area contributed by atoms with Gasteiger partial charge in [0.25, 0.3) is 0 Å². The molecule has 1 aromatic heterocycles. The molecule has 0 bridgehead atoms. The molecule has 130 valence electrons. The van der Waals surface area contributed by atoms with E-state index in [1.165, 1.54) is 11.3 Å². The van der Waals surface area contributed by atoms with Gasteiger partial charge in [0.1, 0.15) is 11.8 Å². The summed E-state index contributed by atoms with van der Waals surface area (Å²) in [5.41, 5.74) is 4.72. The van der Waals surface area contributed by atoms with Gasteiger partial charge in [-0.25, -0.2) is 0 Å². The summed E-state index contributed by atoms with van der Waals surface area (Å²) < 4.78 is 0. The van der Waals surface area contributed by atoms with Gasteiger partial charge in [0.05, 0.1) is 5.41 Å². The van der Waals surface area contributed by atoms with Crippen LogP contribution in [0.1, 0.15) is 39.9 Å². The molecule has 1 heterocycles. The summed E-state index contributed by atoms with van der Waals surface area (Å²) in [5.74, 6) is -0.224. The largest absolute Gasteiger partial charge is 0.300 e. The fourth-order valence-corrected chi connectivity index (χ4v) is 4.27. The van der Waals surface area contributed by atoms with Crippen LogP contribution in [-0.2, 0) is 11.2 Å². The zero-order valence-electron chi connectivity index (χ0n) is 14.2. The molecule has 0 radical (unpaired) electrons. The maximum atomic E-state index is 13.2. The lowest BCUT2D eigenvalue weighted by molar-refractivity contribution is -0.125. The molecule has 1 aliphatic rings. The minimum atomic E-state index is -0.684. The highest BCUT2D eigenvalue weighted by atomic mass is 32.1. The molecule has 4 rings (SSSR count). The first-order valence-electron chi connectivity index (χ1n) is 8.32. The van der Waals surface area contributed by atoms with E-state index < -0.39 is 5.41 Å². The second-order valence-corrected chi connectivity index (χ2v) is 7.55. The van der Waals surface area contributed by atoms with Crippen molar-refractivity contribution >= 4 is 28.7 Å². The van der Waals surface area contributed by atoms with Crippen LogP contribution >= 0.6 is 11.3 Å². The van der Waals surface area contributed by atoms with Crippen molar-refractivity contribution in [3.05, 3.63) is 76.3 Å². The molecule has 2 atom stereocenters. The predicted molar refractivity (Wildman–Crippen MR) is 100 cm³/mol. The van der Waals surface area contributed by atoms with Gasteiger partial charge in [0, 0.05) is 11.5 Å². The third-order valence-corrected chi connectivity index (χ3v) is 5.65. The van der Waals surface area contributed by atoms with Crippen LogP contribution < -0.4 is 5.32 Å². The van der Waals surface area contributed by atoms with Gasteiger partial charge in [0.2, 0.25) is 11.0 Å². The molecule has 1 N–H and O–H groups in total. The van der Waals surface area contributed by atoms with Gasteiger partial charge in [-0.05, 0) is 36.1 Å². The minimum Gasteiger partial charge on any atom is -0.300 e. The first-order valence-corrected chi connectivity index (χ1v) is 9.20. The molecule has 0 fully saturated rings. The summed E-state index contributed by atoms with van der Waals surface area (Å²) in [5, 5.41) is 11.1. The van der Waals surface area contributed by atoms with Crippen LogP contribution in [0, 0.1) is 5.41 Å². The van der Waals surface area contributed by atoms with Crippen molar-refractivity contribution in [1.29, 1.82) is 0 Å². The van der Waals surface area contributed by atoms with Crippen LogP contribution in [0.4, 0.5) is 5.13 Å². The van der Waals surface area contributed by atoms with E-state index in [9.17, 15) is 9.59 Å². The molecule has 1 aliphatic carbocycles. The van der Waals surface area contributed by atoms with Gasteiger partial charge < -0.3 is 5.32 Å². The molecule has 0 aliphatic heterocycles. The number of nitrogens with zero attached hydrogens (tertiary/aromatic N) is 2. The average molecular weight is 363 g/mol. The first kappa shape index (κ1) is 16.6. The molecule has 0 unspecified atom stereocenters. The lowest BCUT2D eigenvalue weighted by Crippen LogP contribution is -2.37. The number of aromatic nitrogens is 2. The Hall–Kier alpha value is -2.86. The highest BCUT2D eigenvalue weighted by molar-refractivity contribution is 7.13. The van der Waals surface area contributed by atoms with E-state index in [-0.39, 0.29) is 11.8 Å². The number of carbonyl (C=O) groups is 2. The summed E-state index contributed by atoms with van der Waals surface area (Å²) in [6.45, 7) is 1.97. The van der Waals surface area contributed by atoms with Crippen molar-refractivity contribution in [2.75, 3.05) is 5.32 Å². The highest BCUT2D eigenvalue weighted by Crippen LogP contribution is 2.51. The average Bonchev–Trinajstić information content (AvgIpc) is 3.27. The number of amides is 1. The summed E-state index contributed by atoms with van der Waals surface area (Å²) in [7, 11) is 0. The lowest BCUT2D eigenvalue weighted by Gasteiger charge is -2.30. The molecular weight excluding hydrogens is 346 g/mol. The van der Waals surface area contributed by atoms with E-state index in [2.05, 4.69) is 15.5 Å². The Kier molecular flexibility index (Phi) is 4.12. The fraction of sp³-hybridized carbons (Fsp3) is 0.200. The van der Waals surface area contributed by atoms with Crippen molar-refractivity contribution in [2.24, 2.45) is 5.41 Å². The smallest absolute Gasteiger partial charge is 0.233 e. The third-order valence-electron chi connectivity index (χ3n) is 5.04.